The van der Waals surface area contributed by atoms with E-state index < -0.39 is 0 Å². The molecule has 6 rings (SSSR count). The van der Waals surface area contributed by atoms with E-state index in [1.807, 2.05) is 86.6 Å². The van der Waals surface area contributed by atoms with Crippen molar-refractivity contribution < 1.29 is 34.1 Å². The second-order valence-electron chi connectivity index (χ2n) is 12.3. The van der Waals surface area contributed by atoms with Crippen molar-refractivity contribution in [1.82, 2.24) is 0 Å². The van der Waals surface area contributed by atoms with Gasteiger partial charge in [-0.3, -0.25) is 14.4 Å². The SMILES string of the molecule is CC(=O)c1ccc(Oc2ccccc2)cc1.Cc1cc(/C=C/C(=O)c2ccc(Oc3ccccc3)cc2)cc(C)c1O.Cc1cc(C=O)cc(C)c1O. The molecule has 0 bridgehead atoms. The Hall–Kier alpha value is -6.73. The van der Waals surface area contributed by atoms with Crippen molar-refractivity contribution in [2.24, 2.45) is 0 Å². The second-order valence-corrected chi connectivity index (χ2v) is 12.3. The van der Waals surface area contributed by atoms with E-state index in [0.717, 1.165) is 51.4 Å². The third-order valence-electron chi connectivity index (χ3n) is 7.95. The van der Waals surface area contributed by atoms with Crippen LogP contribution in [0.2, 0.25) is 0 Å². The highest BCUT2D eigenvalue weighted by Gasteiger charge is 2.06. The Labute approximate surface area is 310 Å². The number of hydrogen-bond acceptors (Lipinski definition) is 7. The molecule has 0 heterocycles. The van der Waals surface area contributed by atoms with Gasteiger partial charge in [0.15, 0.2) is 11.6 Å². The summed E-state index contributed by atoms with van der Waals surface area (Å²) in [7, 11) is 0. The van der Waals surface area contributed by atoms with Gasteiger partial charge in [0.2, 0.25) is 0 Å². The van der Waals surface area contributed by atoms with Crippen LogP contribution in [0.1, 0.15) is 65.8 Å². The van der Waals surface area contributed by atoms with E-state index in [1.165, 1.54) is 0 Å². The van der Waals surface area contributed by atoms with E-state index >= 15 is 0 Å². The number of aldehydes is 1. The van der Waals surface area contributed by atoms with Gasteiger partial charge in [0, 0.05) is 16.7 Å². The third kappa shape index (κ3) is 11.9. The summed E-state index contributed by atoms with van der Waals surface area (Å²) in [5.41, 5.74) is 5.85. The van der Waals surface area contributed by atoms with Crippen LogP contribution in [0, 0.1) is 27.7 Å². The van der Waals surface area contributed by atoms with Gasteiger partial charge >= 0.3 is 0 Å². The summed E-state index contributed by atoms with van der Waals surface area (Å²) in [6.07, 6.45) is 4.08. The van der Waals surface area contributed by atoms with Crippen LogP contribution in [0.4, 0.5) is 0 Å². The van der Waals surface area contributed by atoms with Gasteiger partial charge < -0.3 is 19.7 Å². The van der Waals surface area contributed by atoms with E-state index in [9.17, 15) is 24.6 Å². The molecule has 7 heteroatoms. The molecular formula is C46H42O7. The van der Waals surface area contributed by atoms with Gasteiger partial charge in [0.1, 0.15) is 40.8 Å². The van der Waals surface area contributed by atoms with E-state index in [-0.39, 0.29) is 17.3 Å². The summed E-state index contributed by atoms with van der Waals surface area (Å²) in [6, 6.07) is 40.2. The number of ketones is 2. The smallest absolute Gasteiger partial charge is 0.185 e. The number of carbonyl (C=O) groups is 3. The lowest BCUT2D eigenvalue weighted by Gasteiger charge is -2.06. The van der Waals surface area contributed by atoms with Gasteiger partial charge in [-0.25, -0.2) is 0 Å². The highest BCUT2D eigenvalue weighted by Crippen LogP contribution is 2.25. The fraction of sp³-hybridized carbons (Fsp3) is 0.109. The molecule has 2 N–H and O–H groups in total. The lowest BCUT2D eigenvalue weighted by Crippen LogP contribution is -1.94. The highest BCUT2D eigenvalue weighted by atomic mass is 16.5. The second kappa shape index (κ2) is 19.0. The van der Waals surface area contributed by atoms with Crippen molar-refractivity contribution in [3.63, 3.8) is 0 Å². The molecule has 0 radical (unpaired) electrons. The van der Waals surface area contributed by atoms with Crippen LogP contribution in [0.5, 0.6) is 34.5 Å². The molecule has 0 aliphatic heterocycles. The van der Waals surface area contributed by atoms with E-state index in [0.29, 0.717) is 28.2 Å². The molecule has 0 aromatic heterocycles. The summed E-state index contributed by atoms with van der Waals surface area (Å²) in [5, 5.41) is 19.1. The van der Waals surface area contributed by atoms with E-state index in [1.54, 1.807) is 93.6 Å². The summed E-state index contributed by atoms with van der Waals surface area (Å²) < 4.78 is 11.3. The van der Waals surface area contributed by atoms with Crippen molar-refractivity contribution >= 4 is 23.9 Å². The van der Waals surface area contributed by atoms with E-state index in [4.69, 9.17) is 9.47 Å². The number of aromatic hydroxyl groups is 2. The number of Topliss-reactive ketones (excluding diaryl/α,β-unsaturated/α-hetero) is 1. The van der Waals surface area contributed by atoms with Crippen LogP contribution < -0.4 is 9.47 Å². The number of para-hydroxylation sites is 2. The van der Waals surface area contributed by atoms with Crippen LogP contribution in [0.3, 0.4) is 0 Å². The number of carbonyl (C=O) groups excluding carboxylic acids is 3. The number of aryl methyl sites for hydroxylation is 4. The Kier molecular flexibility index (Phi) is 14.0. The molecular weight excluding hydrogens is 664 g/mol. The first kappa shape index (κ1) is 39.1. The summed E-state index contributed by atoms with van der Waals surface area (Å²) in [4.78, 5) is 33.8. The van der Waals surface area contributed by atoms with Crippen LogP contribution in [0.15, 0.2) is 140 Å². The lowest BCUT2D eigenvalue weighted by atomic mass is 10.0. The zero-order valence-electron chi connectivity index (χ0n) is 30.4. The number of allylic oxidation sites excluding steroid dienone is 1. The molecule has 0 fully saturated rings. The number of phenolic OH excluding ortho intramolecular Hbond substituents is 2. The summed E-state index contributed by atoms with van der Waals surface area (Å²) in [5.74, 6) is 3.50. The fourth-order valence-electron chi connectivity index (χ4n) is 5.11. The van der Waals surface area contributed by atoms with Gasteiger partial charge in [-0.1, -0.05) is 42.5 Å². The zero-order valence-corrected chi connectivity index (χ0v) is 30.4. The molecule has 0 atom stereocenters. The molecule has 0 aliphatic carbocycles. The molecule has 0 saturated heterocycles. The van der Waals surface area contributed by atoms with Crippen LogP contribution in [0.25, 0.3) is 6.08 Å². The van der Waals surface area contributed by atoms with Crippen LogP contribution in [-0.2, 0) is 0 Å². The minimum absolute atomic E-state index is 0.0614. The van der Waals surface area contributed by atoms with E-state index in [2.05, 4.69) is 0 Å². The average molecular weight is 707 g/mol. The predicted octanol–water partition coefficient (Wildman–Crippen LogP) is 11.2. The van der Waals surface area contributed by atoms with Crippen molar-refractivity contribution in [2.75, 3.05) is 0 Å². The van der Waals surface area contributed by atoms with Gasteiger partial charge in [-0.2, -0.15) is 0 Å². The maximum Gasteiger partial charge on any atom is 0.185 e. The first-order valence-corrected chi connectivity index (χ1v) is 16.9. The van der Waals surface area contributed by atoms with Crippen molar-refractivity contribution in [3.05, 3.63) is 184 Å². The Bertz CT molecular complexity index is 2120. The van der Waals surface area contributed by atoms with Crippen molar-refractivity contribution in [1.29, 1.82) is 0 Å². The first-order valence-electron chi connectivity index (χ1n) is 16.9. The Balaban J connectivity index is 0.000000197. The standard InChI is InChI=1S/C23H20O3.C14H12O2.C9H10O2/c1-16-14-18(15-17(2)23(16)25)8-13-22(24)19-9-11-21(12-10-19)26-20-6-4-3-5-7-20;1-11(15)12-7-9-14(10-8-12)16-13-5-3-2-4-6-13;1-6-3-8(5-10)4-7(2)9(6)11/h3-15,25H,1-2H3;2-10H,1H3;3-5,11H,1-2H3/b13-8+;;. The molecule has 6 aromatic carbocycles. The van der Waals surface area contributed by atoms with Gasteiger partial charge in [0.05, 0.1) is 0 Å². The molecule has 53 heavy (non-hydrogen) atoms. The molecule has 0 saturated carbocycles. The minimum Gasteiger partial charge on any atom is -0.507 e. The molecule has 6 aromatic rings. The van der Waals surface area contributed by atoms with Gasteiger partial charge in [-0.05, 0) is 166 Å². The molecule has 0 aliphatic rings. The van der Waals surface area contributed by atoms with Crippen molar-refractivity contribution in [2.45, 2.75) is 34.6 Å². The van der Waals surface area contributed by atoms with Crippen LogP contribution in [-0.4, -0.2) is 28.1 Å². The molecule has 268 valence electrons. The maximum absolute atomic E-state index is 12.3. The number of hydrogen-bond donors (Lipinski definition) is 2. The van der Waals surface area contributed by atoms with Gasteiger partial charge in [-0.15, -0.1) is 0 Å². The number of phenols is 2. The quantitative estimate of drug-likeness (QED) is 0.0874. The number of ether oxygens (including phenoxy) is 2. The summed E-state index contributed by atoms with van der Waals surface area (Å²) >= 11 is 0. The molecule has 0 spiro atoms. The fourth-order valence-corrected chi connectivity index (χ4v) is 5.11. The van der Waals surface area contributed by atoms with Crippen molar-refractivity contribution in [3.8, 4) is 34.5 Å². The summed E-state index contributed by atoms with van der Waals surface area (Å²) in [6.45, 7) is 8.78. The zero-order chi connectivity index (χ0) is 38.3. The normalized spacial score (nSPS) is 10.3. The highest BCUT2D eigenvalue weighted by molar-refractivity contribution is 6.06. The topological polar surface area (TPSA) is 110 Å². The predicted molar refractivity (Wildman–Crippen MR) is 210 cm³/mol. The monoisotopic (exact) mass is 706 g/mol. The Morgan fingerprint density at radius 2 is 0.868 bits per heavy atom. The molecule has 7 nitrogen and oxygen atoms in total. The van der Waals surface area contributed by atoms with Gasteiger partial charge in [0.25, 0.3) is 0 Å². The maximum atomic E-state index is 12.3. The largest absolute Gasteiger partial charge is 0.507 e. The molecule has 0 unspecified atom stereocenters. The van der Waals surface area contributed by atoms with Crippen LogP contribution >= 0.6 is 0 Å². The number of benzene rings is 6. The molecule has 0 amide bonds. The number of rotatable bonds is 9. The average Bonchev–Trinajstić information content (AvgIpc) is 3.16. The third-order valence-corrected chi connectivity index (χ3v) is 7.95. The Morgan fingerprint density at radius 1 is 0.509 bits per heavy atom. The lowest BCUT2D eigenvalue weighted by molar-refractivity contribution is 0.101. The Morgan fingerprint density at radius 3 is 1.25 bits per heavy atom. The minimum atomic E-state index is -0.0837. The first-order chi connectivity index (χ1) is 25.4.